The highest BCUT2D eigenvalue weighted by molar-refractivity contribution is 5.92. The highest BCUT2D eigenvalue weighted by atomic mass is 19.4. The van der Waals surface area contributed by atoms with E-state index in [4.69, 9.17) is 5.26 Å². The van der Waals surface area contributed by atoms with Crippen LogP contribution in [0, 0.1) is 11.3 Å². The monoisotopic (exact) mass is 245 g/mol. The minimum absolute atomic E-state index is 0.0277. The molecule has 1 rings (SSSR count). The summed E-state index contributed by atoms with van der Waals surface area (Å²) in [5.74, 6) is -1.72. The summed E-state index contributed by atoms with van der Waals surface area (Å²) in [6, 6.07) is 4.65. The lowest BCUT2D eigenvalue weighted by atomic mass is 10.1. The Morgan fingerprint density at radius 3 is 2.53 bits per heavy atom. The molecule has 7 heteroatoms. The van der Waals surface area contributed by atoms with Gasteiger partial charge in [0.15, 0.2) is 0 Å². The second-order valence-corrected chi connectivity index (χ2v) is 2.86. The van der Waals surface area contributed by atoms with Crippen LogP contribution in [0.15, 0.2) is 18.2 Å². The molecule has 90 valence electrons. The number of hydrogen-bond acceptors (Lipinski definition) is 4. The number of carbonyl (C=O) groups is 1. The zero-order chi connectivity index (χ0) is 13.1. The van der Waals surface area contributed by atoms with E-state index in [-0.39, 0.29) is 5.56 Å². The molecule has 0 unspecified atom stereocenters. The van der Waals surface area contributed by atoms with Crippen LogP contribution in [-0.2, 0) is 4.74 Å². The first-order valence-electron chi connectivity index (χ1n) is 4.25. The third kappa shape index (κ3) is 3.38. The van der Waals surface area contributed by atoms with Crippen molar-refractivity contribution in [2.75, 3.05) is 7.11 Å². The number of ether oxygens (including phenoxy) is 2. The number of nitriles is 1. The SMILES string of the molecule is COC(=O)c1cc(C#N)ccc1OC(F)(F)F. The van der Waals surface area contributed by atoms with E-state index in [0.717, 1.165) is 25.3 Å². The van der Waals surface area contributed by atoms with Crippen molar-refractivity contribution in [3.05, 3.63) is 29.3 Å². The maximum Gasteiger partial charge on any atom is 0.573 e. The first-order valence-corrected chi connectivity index (χ1v) is 4.25. The molecule has 0 aliphatic rings. The number of alkyl halides is 3. The predicted molar refractivity (Wildman–Crippen MR) is 49.2 cm³/mol. The minimum Gasteiger partial charge on any atom is -0.465 e. The van der Waals surface area contributed by atoms with Gasteiger partial charge in [-0.05, 0) is 18.2 Å². The maximum absolute atomic E-state index is 12.0. The number of methoxy groups -OCH3 is 1. The van der Waals surface area contributed by atoms with E-state index in [0.29, 0.717) is 0 Å². The lowest BCUT2D eigenvalue weighted by molar-refractivity contribution is -0.274. The first-order chi connectivity index (χ1) is 7.87. The van der Waals surface area contributed by atoms with Gasteiger partial charge in [-0.25, -0.2) is 4.79 Å². The summed E-state index contributed by atoms with van der Waals surface area (Å²) >= 11 is 0. The largest absolute Gasteiger partial charge is 0.573 e. The molecule has 0 radical (unpaired) electrons. The van der Waals surface area contributed by atoms with Gasteiger partial charge < -0.3 is 9.47 Å². The molecule has 0 aliphatic heterocycles. The predicted octanol–water partition coefficient (Wildman–Crippen LogP) is 2.24. The molecule has 0 aromatic heterocycles. The van der Waals surface area contributed by atoms with Crippen molar-refractivity contribution in [3.63, 3.8) is 0 Å². The Morgan fingerprint density at radius 1 is 1.41 bits per heavy atom. The molecule has 1 aromatic rings. The average Bonchev–Trinajstić information content (AvgIpc) is 2.26. The Bertz CT molecular complexity index is 477. The summed E-state index contributed by atoms with van der Waals surface area (Å²) in [5, 5.41) is 8.57. The van der Waals surface area contributed by atoms with E-state index in [9.17, 15) is 18.0 Å². The second-order valence-electron chi connectivity index (χ2n) is 2.86. The lowest BCUT2D eigenvalue weighted by Gasteiger charge is -2.12. The molecule has 0 atom stereocenters. The zero-order valence-electron chi connectivity index (χ0n) is 8.54. The minimum atomic E-state index is -4.92. The van der Waals surface area contributed by atoms with Crippen LogP contribution in [0.2, 0.25) is 0 Å². The number of halogens is 3. The fraction of sp³-hybridized carbons (Fsp3) is 0.200. The Balaban J connectivity index is 3.21. The number of esters is 1. The number of benzene rings is 1. The van der Waals surface area contributed by atoms with Gasteiger partial charge in [-0.15, -0.1) is 13.2 Å². The quantitative estimate of drug-likeness (QED) is 0.749. The van der Waals surface area contributed by atoms with Gasteiger partial charge in [0.1, 0.15) is 11.3 Å². The Labute approximate surface area is 94.2 Å². The van der Waals surface area contributed by atoms with E-state index < -0.39 is 23.6 Å². The third-order valence-electron chi connectivity index (χ3n) is 1.74. The third-order valence-corrected chi connectivity index (χ3v) is 1.74. The fourth-order valence-electron chi connectivity index (χ4n) is 1.08. The van der Waals surface area contributed by atoms with Gasteiger partial charge in [0.05, 0.1) is 18.7 Å². The van der Waals surface area contributed by atoms with E-state index in [1.165, 1.54) is 0 Å². The number of carbonyl (C=O) groups excluding carboxylic acids is 1. The standard InChI is InChI=1S/C10H6F3NO3/c1-16-9(15)7-4-6(5-14)2-3-8(7)17-10(11,12)13/h2-4H,1H3. The molecule has 4 nitrogen and oxygen atoms in total. The Kier molecular flexibility index (Phi) is 3.58. The van der Waals surface area contributed by atoms with Gasteiger partial charge in [-0.1, -0.05) is 0 Å². The molecule has 0 heterocycles. The average molecular weight is 245 g/mol. The van der Waals surface area contributed by atoms with Gasteiger partial charge in [0.25, 0.3) is 0 Å². The topological polar surface area (TPSA) is 59.3 Å². The second kappa shape index (κ2) is 4.74. The highest BCUT2D eigenvalue weighted by Gasteiger charge is 2.33. The normalized spacial score (nSPS) is 10.5. The van der Waals surface area contributed by atoms with Crippen LogP contribution in [0.5, 0.6) is 5.75 Å². The number of hydrogen-bond donors (Lipinski definition) is 0. The molecule has 0 fully saturated rings. The van der Waals surface area contributed by atoms with E-state index in [1.54, 1.807) is 6.07 Å². The van der Waals surface area contributed by atoms with Gasteiger partial charge in [-0.2, -0.15) is 5.26 Å². The van der Waals surface area contributed by atoms with Gasteiger partial charge in [0.2, 0.25) is 0 Å². The van der Waals surface area contributed by atoms with Crippen molar-refractivity contribution in [2.24, 2.45) is 0 Å². The summed E-state index contributed by atoms with van der Waals surface area (Å²) in [6.07, 6.45) is -4.92. The van der Waals surface area contributed by atoms with E-state index in [2.05, 4.69) is 9.47 Å². The van der Waals surface area contributed by atoms with Crippen molar-refractivity contribution in [3.8, 4) is 11.8 Å². The van der Waals surface area contributed by atoms with Crippen LogP contribution in [0.3, 0.4) is 0 Å². The lowest BCUT2D eigenvalue weighted by Crippen LogP contribution is -2.19. The smallest absolute Gasteiger partial charge is 0.465 e. The molecule has 0 N–H and O–H groups in total. The Morgan fingerprint density at radius 2 is 2.06 bits per heavy atom. The Hall–Kier alpha value is -2.23. The van der Waals surface area contributed by atoms with Crippen molar-refractivity contribution < 1.29 is 27.4 Å². The van der Waals surface area contributed by atoms with Crippen LogP contribution in [0.25, 0.3) is 0 Å². The highest BCUT2D eigenvalue weighted by Crippen LogP contribution is 2.27. The molecule has 0 spiro atoms. The van der Waals surface area contributed by atoms with Crippen LogP contribution < -0.4 is 4.74 Å². The van der Waals surface area contributed by atoms with E-state index >= 15 is 0 Å². The fourth-order valence-corrected chi connectivity index (χ4v) is 1.08. The van der Waals surface area contributed by atoms with Crippen LogP contribution >= 0.6 is 0 Å². The number of nitrogens with zero attached hydrogens (tertiary/aromatic N) is 1. The molecule has 0 aliphatic carbocycles. The van der Waals surface area contributed by atoms with E-state index in [1.807, 2.05) is 0 Å². The molecule has 17 heavy (non-hydrogen) atoms. The van der Waals surface area contributed by atoms with Crippen molar-refractivity contribution >= 4 is 5.97 Å². The number of rotatable bonds is 2. The summed E-state index contributed by atoms with van der Waals surface area (Å²) in [7, 11) is 1.01. The van der Waals surface area contributed by atoms with Crippen molar-refractivity contribution in [2.45, 2.75) is 6.36 Å². The van der Waals surface area contributed by atoms with Crippen LogP contribution in [0.1, 0.15) is 15.9 Å². The molecule has 0 amide bonds. The summed E-state index contributed by atoms with van der Waals surface area (Å²) in [6.45, 7) is 0. The summed E-state index contributed by atoms with van der Waals surface area (Å²) < 4.78 is 44.0. The first kappa shape index (κ1) is 12.8. The van der Waals surface area contributed by atoms with Crippen molar-refractivity contribution in [1.29, 1.82) is 5.26 Å². The van der Waals surface area contributed by atoms with Crippen molar-refractivity contribution in [1.82, 2.24) is 0 Å². The summed E-state index contributed by atoms with van der Waals surface area (Å²) in [4.78, 5) is 11.2. The molecule has 0 saturated heterocycles. The van der Waals surface area contributed by atoms with Crippen LogP contribution in [-0.4, -0.2) is 19.4 Å². The molecular formula is C10H6F3NO3. The van der Waals surface area contributed by atoms with Crippen LogP contribution in [0.4, 0.5) is 13.2 Å². The zero-order valence-corrected chi connectivity index (χ0v) is 8.54. The maximum atomic E-state index is 12.0. The van der Waals surface area contributed by atoms with Gasteiger partial charge in [-0.3, -0.25) is 0 Å². The molecule has 0 saturated carbocycles. The molecular weight excluding hydrogens is 239 g/mol. The summed E-state index contributed by atoms with van der Waals surface area (Å²) in [5.41, 5.74) is -0.427. The molecule has 0 bridgehead atoms. The van der Waals surface area contributed by atoms with Gasteiger partial charge in [0, 0.05) is 0 Å². The van der Waals surface area contributed by atoms with Gasteiger partial charge >= 0.3 is 12.3 Å². The molecule has 1 aromatic carbocycles.